The molecule has 214 valence electrons. The van der Waals surface area contributed by atoms with Gasteiger partial charge < -0.3 is 15.0 Å². The zero-order chi connectivity index (χ0) is 29.3. The van der Waals surface area contributed by atoms with E-state index in [1.54, 1.807) is 24.3 Å². The summed E-state index contributed by atoms with van der Waals surface area (Å²) in [7, 11) is -2.55. The maximum atomic E-state index is 14.8. The number of methoxy groups -OCH3 is 1. The average molecular weight is 570 g/mol. The van der Waals surface area contributed by atoms with Gasteiger partial charge in [0.2, 0.25) is 21.8 Å². The van der Waals surface area contributed by atoms with Gasteiger partial charge in [-0.2, -0.15) is 0 Å². The highest BCUT2D eigenvalue weighted by Gasteiger charge is 2.34. The molecule has 0 aliphatic rings. The Labute approximate surface area is 235 Å². The molecule has 40 heavy (non-hydrogen) atoms. The van der Waals surface area contributed by atoms with Crippen LogP contribution in [0.25, 0.3) is 0 Å². The summed E-state index contributed by atoms with van der Waals surface area (Å²) in [5.74, 6) is -1.20. The van der Waals surface area contributed by atoms with Crippen molar-refractivity contribution in [2.45, 2.75) is 32.9 Å². The molecule has 10 heteroatoms. The Morgan fingerprint density at radius 3 is 2.20 bits per heavy atom. The zero-order valence-electron chi connectivity index (χ0n) is 23.2. The van der Waals surface area contributed by atoms with Crippen LogP contribution in [0, 0.1) is 11.7 Å². The highest BCUT2D eigenvalue weighted by Crippen LogP contribution is 2.30. The molecule has 0 aromatic heterocycles. The summed E-state index contributed by atoms with van der Waals surface area (Å²) in [5, 5.41) is 2.89. The number of benzene rings is 3. The maximum Gasteiger partial charge on any atom is 0.244 e. The predicted molar refractivity (Wildman–Crippen MR) is 154 cm³/mol. The van der Waals surface area contributed by atoms with Gasteiger partial charge in [-0.15, -0.1) is 0 Å². The molecular weight excluding hydrogens is 533 g/mol. The normalized spacial score (nSPS) is 12.1. The van der Waals surface area contributed by atoms with Gasteiger partial charge in [-0.1, -0.05) is 74.5 Å². The SMILES string of the molecule is COc1ccccc1N(CC(=O)N(Cc1ccccc1F)[C@H](Cc1ccccc1)C(=O)NCC(C)C)S(C)(=O)=O. The Morgan fingerprint density at radius 1 is 0.950 bits per heavy atom. The second-order valence-electron chi connectivity index (χ2n) is 9.90. The number of para-hydroxylation sites is 2. The fourth-order valence-corrected chi connectivity index (χ4v) is 5.07. The van der Waals surface area contributed by atoms with E-state index in [2.05, 4.69) is 5.32 Å². The molecule has 8 nitrogen and oxygen atoms in total. The number of halogens is 1. The van der Waals surface area contributed by atoms with Crippen LogP contribution in [0.15, 0.2) is 78.9 Å². The van der Waals surface area contributed by atoms with E-state index in [1.165, 1.54) is 36.3 Å². The van der Waals surface area contributed by atoms with Crippen LogP contribution in [-0.2, 0) is 32.6 Å². The third-order valence-corrected chi connectivity index (χ3v) is 7.41. The van der Waals surface area contributed by atoms with E-state index >= 15 is 0 Å². The molecule has 0 saturated carbocycles. The summed E-state index contributed by atoms with van der Waals surface area (Å²) in [5.41, 5.74) is 1.17. The molecule has 3 rings (SSSR count). The smallest absolute Gasteiger partial charge is 0.244 e. The van der Waals surface area contributed by atoms with Crippen LogP contribution in [0.1, 0.15) is 25.0 Å². The van der Waals surface area contributed by atoms with Gasteiger partial charge in [-0.3, -0.25) is 13.9 Å². The summed E-state index contributed by atoms with van der Waals surface area (Å²) in [4.78, 5) is 28.9. The molecule has 0 saturated heterocycles. The monoisotopic (exact) mass is 569 g/mol. The molecule has 1 N–H and O–H groups in total. The van der Waals surface area contributed by atoms with Gasteiger partial charge in [0.25, 0.3) is 0 Å². The summed E-state index contributed by atoms with van der Waals surface area (Å²) < 4.78 is 46.9. The van der Waals surface area contributed by atoms with Crippen molar-refractivity contribution < 1.29 is 27.1 Å². The minimum Gasteiger partial charge on any atom is -0.495 e. The highest BCUT2D eigenvalue weighted by atomic mass is 32.2. The Kier molecular flexibility index (Phi) is 10.7. The van der Waals surface area contributed by atoms with Crippen molar-refractivity contribution in [1.29, 1.82) is 0 Å². The first-order chi connectivity index (χ1) is 19.0. The molecular formula is C30H36FN3O5S. The third kappa shape index (κ3) is 8.29. The Balaban J connectivity index is 2.08. The standard InChI is InChI=1S/C30H36FN3O5S/c1-22(2)19-32-30(36)27(18-23-12-6-5-7-13-23)33(20-24-14-8-9-15-25(24)31)29(35)21-34(40(4,37)38)26-16-10-11-17-28(26)39-3/h5-17,22,27H,18-21H2,1-4H3,(H,32,36)/t27-/m1/s1. The quantitative estimate of drug-likeness (QED) is 0.336. The van der Waals surface area contributed by atoms with E-state index in [4.69, 9.17) is 4.74 Å². The van der Waals surface area contributed by atoms with E-state index in [0.29, 0.717) is 6.54 Å². The Morgan fingerprint density at radius 2 is 1.57 bits per heavy atom. The van der Waals surface area contributed by atoms with Gasteiger partial charge >= 0.3 is 0 Å². The van der Waals surface area contributed by atoms with Crippen LogP contribution in [0.3, 0.4) is 0 Å². The Bertz CT molecular complexity index is 1400. The number of anilines is 1. The van der Waals surface area contributed by atoms with Crippen LogP contribution in [0.4, 0.5) is 10.1 Å². The summed E-state index contributed by atoms with van der Waals surface area (Å²) in [6, 6.07) is 20.6. The van der Waals surface area contributed by atoms with Gasteiger partial charge in [-0.05, 0) is 29.7 Å². The molecule has 3 aromatic carbocycles. The van der Waals surface area contributed by atoms with Gasteiger partial charge in [0.05, 0.1) is 19.1 Å². The molecule has 2 amide bonds. The summed E-state index contributed by atoms with van der Waals surface area (Å²) >= 11 is 0. The number of hydrogen-bond donors (Lipinski definition) is 1. The van der Waals surface area contributed by atoms with E-state index in [1.807, 2.05) is 44.2 Å². The van der Waals surface area contributed by atoms with Crippen LogP contribution >= 0.6 is 0 Å². The second-order valence-corrected chi connectivity index (χ2v) is 11.8. The molecule has 0 aliphatic heterocycles. The fraction of sp³-hybridized carbons (Fsp3) is 0.333. The van der Waals surface area contributed by atoms with Crippen molar-refractivity contribution >= 4 is 27.5 Å². The highest BCUT2D eigenvalue weighted by molar-refractivity contribution is 7.92. The van der Waals surface area contributed by atoms with Crippen molar-refractivity contribution in [3.05, 3.63) is 95.8 Å². The topological polar surface area (TPSA) is 96.0 Å². The lowest BCUT2D eigenvalue weighted by Crippen LogP contribution is -2.53. The Hall–Kier alpha value is -3.92. The van der Waals surface area contributed by atoms with Gasteiger partial charge in [0.1, 0.15) is 24.2 Å². The van der Waals surface area contributed by atoms with Crippen molar-refractivity contribution in [3.8, 4) is 5.75 Å². The van der Waals surface area contributed by atoms with Crippen molar-refractivity contribution in [2.75, 3.05) is 30.8 Å². The number of nitrogens with one attached hydrogen (secondary N) is 1. The number of rotatable bonds is 13. The van der Waals surface area contributed by atoms with E-state index in [-0.39, 0.29) is 35.9 Å². The lowest BCUT2D eigenvalue weighted by atomic mass is 10.0. The van der Waals surface area contributed by atoms with Crippen molar-refractivity contribution in [3.63, 3.8) is 0 Å². The molecule has 0 heterocycles. The first-order valence-electron chi connectivity index (χ1n) is 13.0. The third-order valence-electron chi connectivity index (χ3n) is 6.29. The number of sulfonamides is 1. The first-order valence-corrected chi connectivity index (χ1v) is 14.8. The second kappa shape index (κ2) is 13.9. The van der Waals surface area contributed by atoms with E-state index in [9.17, 15) is 22.4 Å². The molecule has 1 atom stereocenters. The molecule has 0 fully saturated rings. The van der Waals surface area contributed by atoms with E-state index in [0.717, 1.165) is 16.1 Å². The van der Waals surface area contributed by atoms with Crippen LogP contribution < -0.4 is 14.4 Å². The molecule has 0 bridgehead atoms. The fourth-order valence-electron chi connectivity index (χ4n) is 4.22. The van der Waals surface area contributed by atoms with Gasteiger partial charge in [-0.25, -0.2) is 12.8 Å². The zero-order valence-corrected chi connectivity index (χ0v) is 24.0. The van der Waals surface area contributed by atoms with E-state index < -0.39 is 40.2 Å². The van der Waals surface area contributed by atoms with Crippen LogP contribution in [-0.4, -0.2) is 57.6 Å². The largest absolute Gasteiger partial charge is 0.495 e. The van der Waals surface area contributed by atoms with Crippen molar-refractivity contribution in [2.24, 2.45) is 5.92 Å². The number of nitrogens with zero attached hydrogens (tertiary/aromatic N) is 2. The number of hydrogen-bond acceptors (Lipinski definition) is 5. The number of ether oxygens (including phenoxy) is 1. The molecule has 0 aliphatic carbocycles. The number of carbonyl (C=O) groups excluding carboxylic acids is 2. The molecule has 3 aromatic rings. The lowest BCUT2D eigenvalue weighted by Gasteiger charge is -2.34. The van der Waals surface area contributed by atoms with Crippen LogP contribution in [0.2, 0.25) is 0 Å². The predicted octanol–water partition coefficient (Wildman–Crippen LogP) is 4.01. The molecule has 0 unspecified atom stereocenters. The lowest BCUT2D eigenvalue weighted by molar-refractivity contribution is -0.140. The molecule has 0 radical (unpaired) electrons. The summed E-state index contributed by atoms with van der Waals surface area (Å²) in [6.45, 7) is 3.43. The summed E-state index contributed by atoms with van der Waals surface area (Å²) in [6.07, 6.45) is 1.14. The van der Waals surface area contributed by atoms with Crippen LogP contribution in [0.5, 0.6) is 5.75 Å². The maximum absolute atomic E-state index is 14.8. The minimum atomic E-state index is -3.96. The number of amides is 2. The van der Waals surface area contributed by atoms with Crippen molar-refractivity contribution in [1.82, 2.24) is 10.2 Å². The molecule has 0 spiro atoms. The van der Waals surface area contributed by atoms with Gasteiger partial charge in [0, 0.05) is 25.1 Å². The minimum absolute atomic E-state index is 0.151. The van der Waals surface area contributed by atoms with Gasteiger partial charge in [0.15, 0.2) is 0 Å². The average Bonchev–Trinajstić information content (AvgIpc) is 2.93. The number of carbonyl (C=O) groups is 2. The first kappa shape index (κ1) is 30.6.